The average Bonchev–Trinajstić information content (AvgIpc) is 2.26. The number of anilines is 1. The summed E-state index contributed by atoms with van der Waals surface area (Å²) < 4.78 is 4.45. The van der Waals surface area contributed by atoms with Crippen molar-refractivity contribution in [2.24, 2.45) is 0 Å². The first-order valence-electron chi connectivity index (χ1n) is 4.31. The highest BCUT2D eigenvalue weighted by molar-refractivity contribution is 5.84. The van der Waals surface area contributed by atoms with Gasteiger partial charge >= 0.3 is 6.09 Å². The van der Waals surface area contributed by atoms with Crippen LogP contribution in [0.3, 0.4) is 0 Å². The molecule has 0 aliphatic carbocycles. The van der Waals surface area contributed by atoms with Crippen LogP contribution in [0.25, 0.3) is 0 Å². The van der Waals surface area contributed by atoms with Gasteiger partial charge in [0.2, 0.25) is 0 Å². The molecule has 0 aliphatic heterocycles. The molecule has 4 nitrogen and oxygen atoms in total. The van der Waals surface area contributed by atoms with Crippen molar-refractivity contribution < 1.29 is 14.6 Å². The first-order chi connectivity index (χ1) is 7.26. The van der Waals surface area contributed by atoms with Crippen molar-refractivity contribution in [2.75, 3.05) is 19.0 Å². The topological polar surface area (TPSA) is 58.6 Å². The zero-order valence-corrected chi connectivity index (χ0v) is 8.28. The number of ether oxygens (including phenoxy) is 1. The molecule has 0 saturated carbocycles. The molecule has 2 N–H and O–H groups in total. The largest absolute Gasteiger partial charge is 0.453 e. The van der Waals surface area contributed by atoms with E-state index in [1.54, 1.807) is 24.3 Å². The van der Waals surface area contributed by atoms with Crippen molar-refractivity contribution in [1.29, 1.82) is 0 Å². The average molecular weight is 205 g/mol. The van der Waals surface area contributed by atoms with Gasteiger partial charge in [-0.1, -0.05) is 17.9 Å². The minimum absolute atomic E-state index is 0.186. The molecule has 15 heavy (non-hydrogen) atoms. The van der Waals surface area contributed by atoms with Gasteiger partial charge in [-0.05, 0) is 18.2 Å². The van der Waals surface area contributed by atoms with Crippen molar-refractivity contribution in [3.05, 3.63) is 29.8 Å². The van der Waals surface area contributed by atoms with E-state index in [1.165, 1.54) is 7.11 Å². The number of amides is 1. The fourth-order valence-corrected chi connectivity index (χ4v) is 0.985. The second-order valence-electron chi connectivity index (χ2n) is 2.66. The van der Waals surface area contributed by atoms with Crippen LogP contribution in [0.15, 0.2) is 24.3 Å². The van der Waals surface area contributed by atoms with E-state index in [9.17, 15) is 4.79 Å². The normalized spacial score (nSPS) is 8.67. The van der Waals surface area contributed by atoms with Gasteiger partial charge in [-0.2, -0.15) is 0 Å². The third-order valence-corrected chi connectivity index (χ3v) is 1.61. The second-order valence-corrected chi connectivity index (χ2v) is 2.66. The van der Waals surface area contributed by atoms with E-state index in [0.29, 0.717) is 5.69 Å². The van der Waals surface area contributed by atoms with Crippen LogP contribution in [-0.4, -0.2) is 24.9 Å². The van der Waals surface area contributed by atoms with Crippen molar-refractivity contribution in [1.82, 2.24) is 0 Å². The number of nitrogens with one attached hydrogen (secondary N) is 1. The minimum atomic E-state index is -0.526. The maximum Gasteiger partial charge on any atom is 0.411 e. The van der Waals surface area contributed by atoms with Crippen molar-refractivity contribution in [2.45, 2.75) is 0 Å². The fourth-order valence-electron chi connectivity index (χ4n) is 0.985. The molecule has 0 aliphatic rings. The summed E-state index contributed by atoms with van der Waals surface area (Å²) in [6.07, 6.45) is -0.526. The molecule has 0 unspecified atom stereocenters. The van der Waals surface area contributed by atoms with Crippen molar-refractivity contribution in [3.63, 3.8) is 0 Å². The number of carbonyl (C=O) groups excluding carboxylic acids is 1. The smallest absolute Gasteiger partial charge is 0.411 e. The lowest BCUT2D eigenvalue weighted by atomic mass is 10.2. The van der Waals surface area contributed by atoms with Gasteiger partial charge < -0.3 is 9.84 Å². The molecular weight excluding hydrogens is 194 g/mol. The molecule has 0 heterocycles. The molecule has 0 saturated heterocycles. The van der Waals surface area contributed by atoms with E-state index in [4.69, 9.17) is 5.11 Å². The van der Waals surface area contributed by atoms with Gasteiger partial charge in [-0.15, -0.1) is 0 Å². The van der Waals surface area contributed by atoms with Crippen LogP contribution in [0.2, 0.25) is 0 Å². The van der Waals surface area contributed by atoms with E-state index in [0.717, 1.165) is 5.56 Å². The molecule has 1 aromatic carbocycles. The van der Waals surface area contributed by atoms with Crippen LogP contribution in [0, 0.1) is 11.8 Å². The van der Waals surface area contributed by atoms with Gasteiger partial charge in [0.25, 0.3) is 0 Å². The van der Waals surface area contributed by atoms with Gasteiger partial charge in [0, 0.05) is 11.3 Å². The summed E-state index contributed by atoms with van der Waals surface area (Å²) in [5.74, 6) is 5.25. The third-order valence-electron chi connectivity index (χ3n) is 1.61. The van der Waals surface area contributed by atoms with E-state index >= 15 is 0 Å². The van der Waals surface area contributed by atoms with Crippen molar-refractivity contribution >= 4 is 11.8 Å². The molecule has 1 rings (SSSR count). The predicted molar refractivity (Wildman–Crippen MR) is 56.4 cm³/mol. The van der Waals surface area contributed by atoms with E-state index in [-0.39, 0.29) is 6.61 Å². The van der Waals surface area contributed by atoms with Crippen LogP contribution in [0.1, 0.15) is 5.56 Å². The highest BCUT2D eigenvalue weighted by Gasteiger charge is 1.99. The Balaban J connectivity index is 2.78. The highest BCUT2D eigenvalue weighted by atomic mass is 16.5. The predicted octanol–water partition coefficient (Wildman–Crippen LogP) is 1.21. The zero-order valence-electron chi connectivity index (χ0n) is 8.28. The second kappa shape index (κ2) is 5.68. The molecule has 0 bridgehead atoms. The van der Waals surface area contributed by atoms with Crippen LogP contribution in [0.5, 0.6) is 0 Å². The summed E-state index contributed by atoms with van der Waals surface area (Å²) >= 11 is 0. The number of hydrogen-bond donors (Lipinski definition) is 2. The molecule has 4 heteroatoms. The molecule has 78 valence electrons. The van der Waals surface area contributed by atoms with E-state index < -0.39 is 6.09 Å². The maximum atomic E-state index is 10.9. The van der Waals surface area contributed by atoms with Gasteiger partial charge in [-0.3, -0.25) is 5.32 Å². The number of hydrogen-bond acceptors (Lipinski definition) is 3. The van der Waals surface area contributed by atoms with E-state index in [2.05, 4.69) is 21.9 Å². The third kappa shape index (κ3) is 3.71. The molecule has 1 amide bonds. The quantitative estimate of drug-likeness (QED) is 0.677. The van der Waals surface area contributed by atoms with Crippen LogP contribution in [0.4, 0.5) is 10.5 Å². The van der Waals surface area contributed by atoms with Gasteiger partial charge in [0.1, 0.15) is 6.61 Å². The zero-order chi connectivity index (χ0) is 11.1. The number of aliphatic hydroxyl groups excluding tert-OH is 1. The Labute approximate surface area is 87.9 Å². The van der Waals surface area contributed by atoms with Crippen molar-refractivity contribution in [3.8, 4) is 11.8 Å². The maximum absolute atomic E-state index is 10.9. The molecule has 0 atom stereocenters. The van der Waals surface area contributed by atoms with E-state index in [1.807, 2.05) is 0 Å². The molecule has 0 radical (unpaired) electrons. The Morgan fingerprint density at radius 1 is 1.60 bits per heavy atom. The number of aliphatic hydroxyl groups is 1. The monoisotopic (exact) mass is 205 g/mol. The lowest BCUT2D eigenvalue weighted by molar-refractivity contribution is 0.187. The Bertz CT molecular complexity index is 404. The summed E-state index contributed by atoms with van der Waals surface area (Å²) in [6.45, 7) is -0.186. The first-order valence-corrected chi connectivity index (χ1v) is 4.31. The molecule has 1 aromatic rings. The van der Waals surface area contributed by atoms with Gasteiger partial charge in [0.15, 0.2) is 0 Å². The number of carbonyl (C=O) groups is 1. The first kappa shape index (κ1) is 11.1. The SMILES string of the molecule is COC(=O)Nc1cccc(C#CCO)c1. The number of rotatable bonds is 1. The molecule has 0 spiro atoms. The standard InChI is InChI=1S/C11H11NO3/c1-15-11(14)12-10-6-2-4-9(8-10)5-3-7-13/h2,4,6,8,13H,7H2,1H3,(H,12,14). The van der Waals surface area contributed by atoms with Crippen LogP contribution >= 0.6 is 0 Å². The Morgan fingerprint density at radius 3 is 3.07 bits per heavy atom. The Morgan fingerprint density at radius 2 is 2.40 bits per heavy atom. The highest BCUT2D eigenvalue weighted by Crippen LogP contribution is 2.09. The van der Waals surface area contributed by atoms with Gasteiger partial charge in [-0.25, -0.2) is 4.79 Å². The minimum Gasteiger partial charge on any atom is -0.453 e. The Kier molecular flexibility index (Phi) is 4.20. The number of benzene rings is 1. The lowest BCUT2D eigenvalue weighted by Crippen LogP contribution is -2.10. The Hall–Kier alpha value is -1.99. The summed E-state index contributed by atoms with van der Waals surface area (Å²) in [4.78, 5) is 10.9. The summed E-state index contributed by atoms with van der Waals surface area (Å²) in [7, 11) is 1.30. The fraction of sp³-hybridized carbons (Fsp3) is 0.182. The van der Waals surface area contributed by atoms with Crippen LogP contribution in [-0.2, 0) is 4.74 Å². The van der Waals surface area contributed by atoms with Gasteiger partial charge in [0.05, 0.1) is 7.11 Å². The summed E-state index contributed by atoms with van der Waals surface area (Å²) in [5, 5.41) is 11.0. The number of methoxy groups -OCH3 is 1. The summed E-state index contributed by atoms with van der Waals surface area (Å²) in [6, 6.07) is 6.96. The molecule has 0 aromatic heterocycles. The molecule has 0 fully saturated rings. The molecular formula is C11H11NO3. The summed E-state index contributed by atoms with van der Waals surface area (Å²) in [5.41, 5.74) is 1.32. The van der Waals surface area contributed by atoms with Crippen LogP contribution < -0.4 is 5.32 Å². The lowest BCUT2D eigenvalue weighted by Gasteiger charge is -2.03.